The number of nitrogens with zero attached hydrogens (tertiary/aromatic N) is 1. The van der Waals surface area contributed by atoms with E-state index < -0.39 is 0 Å². The quantitative estimate of drug-likeness (QED) is 0.676. The molecule has 0 unspecified atom stereocenters. The molecule has 0 aliphatic rings. The van der Waals surface area contributed by atoms with E-state index in [1.165, 1.54) is 4.90 Å². The van der Waals surface area contributed by atoms with Crippen LogP contribution in [0.25, 0.3) is 0 Å². The van der Waals surface area contributed by atoms with Gasteiger partial charge in [0.05, 0.1) is 0 Å². The Bertz CT molecular complexity index is 254. The van der Waals surface area contributed by atoms with Crippen molar-refractivity contribution in [1.82, 2.24) is 4.90 Å². The van der Waals surface area contributed by atoms with Crippen LogP contribution in [0, 0.1) is 0 Å². The minimum atomic E-state index is 1.000. The molecule has 1 nitrogen and oxygen atoms in total. The lowest BCUT2D eigenvalue weighted by Gasteiger charge is -2.03. The highest BCUT2D eigenvalue weighted by Crippen LogP contribution is 2.17. The lowest BCUT2D eigenvalue weighted by Crippen LogP contribution is -2.10. The van der Waals surface area contributed by atoms with Crippen LogP contribution in [0.1, 0.15) is 0 Å². The van der Waals surface area contributed by atoms with Crippen molar-refractivity contribution in [3.8, 4) is 0 Å². The molecule has 0 saturated heterocycles. The molecular weight excluding hydrogens is 178 g/mol. The Kier molecular flexibility index (Phi) is 4.65. The van der Waals surface area contributed by atoms with Crippen molar-refractivity contribution in [3.05, 3.63) is 41.8 Å². The fourth-order valence-corrected chi connectivity index (χ4v) is 1.53. The molecule has 0 heterocycles. The first-order chi connectivity index (χ1) is 6.29. The van der Waals surface area contributed by atoms with Gasteiger partial charge in [0, 0.05) is 11.4 Å². The average Bonchev–Trinajstić information content (AvgIpc) is 2.14. The molecule has 1 aromatic carbocycles. The summed E-state index contributed by atoms with van der Waals surface area (Å²) in [4.78, 5) is 3.43. The highest BCUT2D eigenvalue weighted by Gasteiger charge is 1.86. The minimum absolute atomic E-state index is 1.000. The van der Waals surface area contributed by atoms with Gasteiger partial charge >= 0.3 is 0 Å². The summed E-state index contributed by atoms with van der Waals surface area (Å²) < 4.78 is 0. The lowest BCUT2D eigenvalue weighted by atomic mass is 10.4. The van der Waals surface area contributed by atoms with Crippen LogP contribution in [0.15, 0.2) is 46.7 Å². The van der Waals surface area contributed by atoms with E-state index in [9.17, 15) is 0 Å². The third kappa shape index (κ3) is 4.76. The number of hydrogen-bond donors (Lipinski definition) is 0. The average molecular weight is 193 g/mol. The summed E-state index contributed by atoms with van der Waals surface area (Å²) in [5.74, 6) is 0. The zero-order chi connectivity index (χ0) is 9.52. The van der Waals surface area contributed by atoms with Crippen LogP contribution in [0.2, 0.25) is 0 Å². The van der Waals surface area contributed by atoms with Gasteiger partial charge < -0.3 is 4.90 Å². The minimum Gasteiger partial charge on any atom is -0.306 e. The normalized spacial score (nSPS) is 11.3. The first-order valence-corrected chi connectivity index (χ1v) is 5.18. The van der Waals surface area contributed by atoms with Gasteiger partial charge in [-0.1, -0.05) is 36.0 Å². The van der Waals surface area contributed by atoms with Crippen LogP contribution in [0.3, 0.4) is 0 Å². The Morgan fingerprint density at radius 3 is 2.54 bits per heavy atom. The summed E-state index contributed by atoms with van der Waals surface area (Å²) in [5, 5.41) is 2.13. The Morgan fingerprint density at radius 1 is 1.23 bits per heavy atom. The van der Waals surface area contributed by atoms with Gasteiger partial charge in [-0.3, -0.25) is 0 Å². The maximum Gasteiger partial charge on any atom is 0.0165 e. The topological polar surface area (TPSA) is 3.24 Å². The third-order valence-electron chi connectivity index (χ3n) is 1.51. The molecule has 0 radical (unpaired) electrons. The molecule has 0 aliphatic carbocycles. The molecule has 0 aliphatic heterocycles. The Labute approximate surface area is 84.4 Å². The fraction of sp³-hybridized carbons (Fsp3) is 0.273. The Balaban J connectivity index is 2.31. The van der Waals surface area contributed by atoms with Gasteiger partial charge in [-0.05, 0) is 31.6 Å². The zero-order valence-electron chi connectivity index (χ0n) is 8.10. The van der Waals surface area contributed by atoms with Crippen LogP contribution in [0.4, 0.5) is 0 Å². The maximum absolute atomic E-state index is 2.16. The van der Waals surface area contributed by atoms with E-state index in [0.29, 0.717) is 0 Å². The van der Waals surface area contributed by atoms with Crippen molar-refractivity contribution in [2.45, 2.75) is 4.90 Å². The Morgan fingerprint density at radius 2 is 1.92 bits per heavy atom. The van der Waals surface area contributed by atoms with Crippen LogP contribution >= 0.6 is 11.8 Å². The molecule has 1 rings (SSSR count). The number of benzene rings is 1. The third-order valence-corrected chi connectivity index (χ3v) is 2.39. The zero-order valence-corrected chi connectivity index (χ0v) is 8.92. The number of hydrogen-bond acceptors (Lipinski definition) is 2. The summed E-state index contributed by atoms with van der Waals surface area (Å²) >= 11 is 1.76. The second-order valence-electron chi connectivity index (χ2n) is 3.06. The molecule has 0 spiro atoms. The van der Waals surface area contributed by atoms with Gasteiger partial charge in [-0.25, -0.2) is 0 Å². The van der Waals surface area contributed by atoms with Gasteiger partial charge in [-0.2, -0.15) is 0 Å². The van der Waals surface area contributed by atoms with E-state index in [4.69, 9.17) is 0 Å². The molecular formula is C11H15NS. The highest BCUT2D eigenvalue weighted by molar-refractivity contribution is 8.02. The van der Waals surface area contributed by atoms with E-state index >= 15 is 0 Å². The predicted molar refractivity (Wildman–Crippen MR) is 60.0 cm³/mol. The van der Waals surface area contributed by atoms with Crippen LogP contribution < -0.4 is 0 Å². The van der Waals surface area contributed by atoms with Crippen molar-refractivity contribution in [1.29, 1.82) is 0 Å². The lowest BCUT2D eigenvalue weighted by molar-refractivity contribution is 0.457. The van der Waals surface area contributed by atoms with Crippen LogP contribution in [-0.2, 0) is 0 Å². The summed E-state index contributed by atoms with van der Waals surface area (Å²) in [7, 11) is 4.13. The number of rotatable bonds is 4. The summed E-state index contributed by atoms with van der Waals surface area (Å²) in [6.07, 6.45) is 2.16. The van der Waals surface area contributed by atoms with E-state index in [1.807, 2.05) is 6.07 Å². The van der Waals surface area contributed by atoms with Gasteiger partial charge in [0.2, 0.25) is 0 Å². The second kappa shape index (κ2) is 5.84. The number of thioether (sulfide) groups is 1. The second-order valence-corrected chi connectivity index (χ2v) is 4.04. The van der Waals surface area contributed by atoms with E-state index in [-0.39, 0.29) is 0 Å². The highest BCUT2D eigenvalue weighted by atomic mass is 32.2. The smallest absolute Gasteiger partial charge is 0.0165 e. The van der Waals surface area contributed by atoms with Crippen LogP contribution in [0.5, 0.6) is 0 Å². The van der Waals surface area contributed by atoms with E-state index in [0.717, 1.165) is 6.54 Å². The van der Waals surface area contributed by atoms with Gasteiger partial charge in [0.15, 0.2) is 0 Å². The van der Waals surface area contributed by atoms with Gasteiger partial charge in [0.25, 0.3) is 0 Å². The molecule has 2 heteroatoms. The monoisotopic (exact) mass is 193 g/mol. The van der Waals surface area contributed by atoms with E-state index in [2.05, 4.69) is 54.7 Å². The molecule has 1 aromatic rings. The van der Waals surface area contributed by atoms with Gasteiger partial charge in [0.1, 0.15) is 0 Å². The van der Waals surface area contributed by atoms with Crippen molar-refractivity contribution >= 4 is 11.8 Å². The van der Waals surface area contributed by atoms with Crippen LogP contribution in [-0.4, -0.2) is 25.5 Å². The summed E-state index contributed by atoms with van der Waals surface area (Å²) in [5.41, 5.74) is 0. The summed E-state index contributed by atoms with van der Waals surface area (Å²) in [6, 6.07) is 10.4. The summed E-state index contributed by atoms with van der Waals surface area (Å²) in [6.45, 7) is 1.000. The molecule has 13 heavy (non-hydrogen) atoms. The molecule has 0 bridgehead atoms. The first-order valence-electron chi connectivity index (χ1n) is 4.30. The fourth-order valence-electron chi connectivity index (χ4n) is 0.880. The first kappa shape index (κ1) is 10.4. The molecule has 70 valence electrons. The molecule has 0 fully saturated rings. The Hall–Kier alpha value is -0.730. The number of likely N-dealkylation sites (N-methyl/N-ethyl adjacent to an activating group) is 1. The predicted octanol–water partition coefficient (Wildman–Crippen LogP) is 2.85. The molecule has 0 aromatic heterocycles. The molecule has 0 N–H and O–H groups in total. The van der Waals surface area contributed by atoms with Crippen molar-refractivity contribution in [3.63, 3.8) is 0 Å². The molecule has 0 saturated carbocycles. The SMILES string of the molecule is CN(C)CC=CSc1ccccc1. The standard InChI is InChI=1S/C11H15NS/c1-12(2)9-6-10-13-11-7-4-3-5-8-11/h3-8,10H,9H2,1-2H3. The molecule has 0 atom stereocenters. The largest absolute Gasteiger partial charge is 0.306 e. The van der Waals surface area contributed by atoms with Crippen molar-refractivity contribution in [2.24, 2.45) is 0 Å². The molecule has 0 amide bonds. The van der Waals surface area contributed by atoms with Gasteiger partial charge in [-0.15, -0.1) is 0 Å². The maximum atomic E-state index is 2.16. The van der Waals surface area contributed by atoms with Crippen molar-refractivity contribution in [2.75, 3.05) is 20.6 Å². The van der Waals surface area contributed by atoms with Crippen molar-refractivity contribution < 1.29 is 0 Å². The van der Waals surface area contributed by atoms with E-state index in [1.54, 1.807) is 11.8 Å².